The lowest BCUT2D eigenvalue weighted by atomic mass is 10.1. The maximum absolute atomic E-state index is 12.4. The molecule has 1 heterocycles. The number of ether oxygens (including phenoxy) is 1. The molecule has 0 saturated carbocycles. The van der Waals surface area contributed by atoms with Gasteiger partial charge in [-0.25, -0.2) is 0 Å². The first-order chi connectivity index (χ1) is 12.5. The molecule has 0 aromatic heterocycles. The molecule has 1 amide bonds. The minimum atomic E-state index is 0.0508. The molecule has 3 rings (SSSR count). The summed E-state index contributed by atoms with van der Waals surface area (Å²) >= 11 is 0. The molecule has 26 heavy (non-hydrogen) atoms. The number of aryl methyl sites for hydroxylation is 2. The lowest BCUT2D eigenvalue weighted by molar-refractivity contribution is -0.117. The van der Waals surface area contributed by atoms with E-state index in [1.165, 1.54) is 11.3 Å². The molecular formula is C21H27N3O2. The van der Waals surface area contributed by atoms with Gasteiger partial charge in [-0.05, 0) is 49.7 Å². The topological polar surface area (TPSA) is 44.8 Å². The van der Waals surface area contributed by atoms with E-state index in [0.29, 0.717) is 6.54 Å². The van der Waals surface area contributed by atoms with E-state index in [4.69, 9.17) is 4.74 Å². The predicted molar refractivity (Wildman–Crippen MR) is 106 cm³/mol. The number of hydrogen-bond acceptors (Lipinski definition) is 4. The van der Waals surface area contributed by atoms with E-state index in [-0.39, 0.29) is 5.91 Å². The van der Waals surface area contributed by atoms with Crippen molar-refractivity contribution in [2.24, 2.45) is 0 Å². The number of benzene rings is 2. The maximum atomic E-state index is 12.4. The zero-order chi connectivity index (χ0) is 18.5. The van der Waals surface area contributed by atoms with Crippen molar-refractivity contribution in [3.63, 3.8) is 0 Å². The van der Waals surface area contributed by atoms with Crippen LogP contribution in [0.15, 0.2) is 42.5 Å². The highest BCUT2D eigenvalue weighted by molar-refractivity contribution is 5.93. The number of carbonyl (C=O) groups is 1. The third-order valence-electron chi connectivity index (χ3n) is 4.83. The first-order valence-corrected chi connectivity index (χ1v) is 9.03. The fraction of sp³-hybridized carbons (Fsp3) is 0.381. The summed E-state index contributed by atoms with van der Waals surface area (Å²) in [4.78, 5) is 16.9. The zero-order valence-electron chi connectivity index (χ0n) is 15.8. The molecule has 0 atom stereocenters. The van der Waals surface area contributed by atoms with Crippen LogP contribution in [0.25, 0.3) is 0 Å². The summed E-state index contributed by atoms with van der Waals surface area (Å²) < 4.78 is 5.21. The van der Waals surface area contributed by atoms with Gasteiger partial charge in [0.25, 0.3) is 0 Å². The molecule has 0 bridgehead atoms. The summed E-state index contributed by atoms with van der Waals surface area (Å²) in [5, 5.41) is 3.03. The Labute approximate surface area is 155 Å². The van der Waals surface area contributed by atoms with Gasteiger partial charge in [-0.15, -0.1) is 0 Å². The van der Waals surface area contributed by atoms with E-state index in [1.54, 1.807) is 7.11 Å². The Hall–Kier alpha value is -2.53. The van der Waals surface area contributed by atoms with Crippen LogP contribution in [-0.4, -0.2) is 50.6 Å². The molecule has 1 aliphatic rings. The maximum Gasteiger partial charge on any atom is 0.238 e. The van der Waals surface area contributed by atoms with E-state index in [0.717, 1.165) is 43.2 Å². The highest BCUT2D eigenvalue weighted by Crippen LogP contribution is 2.20. The van der Waals surface area contributed by atoms with Crippen LogP contribution in [0.4, 0.5) is 11.4 Å². The molecule has 1 fully saturated rings. The Bertz CT molecular complexity index is 750. The molecular weight excluding hydrogens is 326 g/mol. The number of methoxy groups -OCH3 is 1. The van der Waals surface area contributed by atoms with E-state index in [9.17, 15) is 4.79 Å². The van der Waals surface area contributed by atoms with Crippen LogP contribution in [0.5, 0.6) is 5.75 Å². The molecule has 1 saturated heterocycles. The Balaban J connectivity index is 1.49. The average Bonchev–Trinajstić information content (AvgIpc) is 2.65. The average molecular weight is 353 g/mol. The summed E-state index contributed by atoms with van der Waals surface area (Å²) in [6.45, 7) is 8.12. The lowest BCUT2D eigenvalue weighted by Crippen LogP contribution is -2.48. The summed E-state index contributed by atoms with van der Waals surface area (Å²) in [6.07, 6.45) is 0. The van der Waals surface area contributed by atoms with Gasteiger partial charge in [0.05, 0.1) is 13.7 Å². The predicted octanol–water partition coefficient (Wildman–Crippen LogP) is 3.07. The molecule has 2 aromatic carbocycles. The number of rotatable bonds is 5. The number of amides is 1. The summed E-state index contributed by atoms with van der Waals surface area (Å²) in [6, 6.07) is 14.2. The molecule has 0 radical (unpaired) electrons. The zero-order valence-corrected chi connectivity index (χ0v) is 15.8. The van der Waals surface area contributed by atoms with E-state index in [1.807, 2.05) is 31.2 Å². The van der Waals surface area contributed by atoms with Crippen molar-refractivity contribution in [1.29, 1.82) is 0 Å². The molecule has 2 aromatic rings. The SMILES string of the molecule is COc1ccc(N2CCN(CC(=O)Nc3ccc(C)cc3C)CC2)cc1. The summed E-state index contributed by atoms with van der Waals surface area (Å²) in [5.41, 5.74) is 4.40. The van der Waals surface area contributed by atoms with Gasteiger partial charge >= 0.3 is 0 Å². The molecule has 1 aliphatic heterocycles. The van der Waals surface area contributed by atoms with Crippen LogP contribution in [-0.2, 0) is 4.79 Å². The standard InChI is InChI=1S/C21H27N3O2/c1-16-4-9-20(17(2)14-16)22-21(25)15-23-10-12-24(13-11-23)18-5-7-19(26-3)8-6-18/h4-9,14H,10-13,15H2,1-3H3,(H,22,25). The minimum absolute atomic E-state index is 0.0508. The minimum Gasteiger partial charge on any atom is -0.497 e. The Morgan fingerprint density at radius 1 is 1.04 bits per heavy atom. The third kappa shape index (κ3) is 4.55. The van der Waals surface area contributed by atoms with E-state index in [2.05, 4.69) is 40.2 Å². The first kappa shape index (κ1) is 18.3. The fourth-order valence-corrected chi connectivity index (χ4v) is 3.30. The van der Waals surface area contributed by atoms with Gasteiger partial charge < -0.3 is 15.0 Å². The Kier molecular flexibility index (Phi) is 5.78. The number of carbonyl (C=O) groups excluding carboxylic acids is 1. The van der Waals surface area contributed by atoms with Crippen LogP contribution in [0, 0.1) is 13.8 Å². The molecule has 1 N–H and O–H groups in total. The first-order valence-electron chi connectivity index (χ1n) is 9.03. The summed E-state index contributed by atoms with van der Waals surface area (Å²) in [5.74, 6) is 0.922. The van der Waals surface area contributed by atoms with Crippen molar-refractivity contribution in [2.45, 2.75) is 13.8 Å². The fourth-order valence-electron chi connectivity index (χ4n) is 3.30. The second-order valence-electron chi connectivity index (χ2n) is 6.83. The normalized spacial score (nSPS) is 15.0. The van der Waals surface area contributed by atoms with Gasteiger partial charge in [0.2, 0.25) is 5.91 Å². The number of nitrogens with one attached hydrogen (secondary N) is 1. The number of hydrogen-bond donors (Lipinski definition) is 1. The van der Waals surface area contributed by atoms with Crippen LogP contribution in [0.3, 0.4) is 0 Å². The molecule has 0 unspecified atom stereocenters. The quantitative estimate of drug-likeness (QED) is 0.897. The molecule has 138 valence electrons. The smallest absolute Gasteiger partial charge is 0.238 e. The Morgan fingerprint density at radius 2 is 1.73 bits per heavy atom. The van der Waals surface area contributed by atoms with Crippen LogP contribution < -0.4 is 15.0 Å². The highest BCUT2D eigenvalue weighted by atomic mass is 16.5. The molecule has 0 aliphatic carbocycles. The van der Waals surface area contributed by atoms with Crippen LogP contribution in [0.2, 0.25) is 0 Å². The van der Waals surface area contributed by atoms with Gasteiger partial charge in [0, 0.05) is 37.6 Å². The van der Waals surface area contributed by atoms with Gasteiger partial charge in [-0.1, -0.05) is 17.7 Å². The van der Waals surface area contributed by atoms with Crippen molar-refractivity contribution < 1.29 is 9.53 Å². The highest BCUT2D eigenvalue weighted by Gasteiger charge is 2.19. The van der Waals surface area contributed by atoms with Gasteiger partial charge in [-0.2, -0.15) is 0 Å². The van der Waals surface area contributed by atoms with Crippen molar-refractivity contribution in [3.8, 4) is 5.75 Å². The van der Waals surface area contributed by atoms with E-state index < -0.39 is 0 Å². The molecule has 0 spiro atoms. The number of anilines is 2. The Morgan fingerprint density at radius 3 is 2.35 bits per heavy atom. The second-order valence-corrected chi connectivity index (χ2v) is 6.83. The molecule has 5 heteroatoms. The van der Waals surface area contributed by atoms with Crippen molar-refractivity contribution in [2.75, 3.05) is 50.1 Å². The lowest BCUT2D eigenvalue weighted by Gasteiger charge is -2.35. The van der Waals surface area contributed by atoms with Crippen LogP contribution in [0.1, 0.15) is 11.1 Å². The molecule has 5 nitrogen and oxygen atoms in total. The van der Waals surface area contributed by atoms with Crippen LogP contribution >= 0.6 is 0 Å². The van der Waals surface area contributed by atoms with Crippen molar-refractivity contribution in [3.05, 3.63) is 53.6 Å². The number of nitrogens with zero attached hydrogens (tertiary/aromatic N) is 2. The summed E-state index contributed by atoms with van der Waals surface area (Å²) in [7, 11) is 1.68. The van der Waals surface area contributed by atoms with Gasteiger partial charge in [0.1, 0.15) is 5.75 Å². The largest absolute Gasteiger partial charge is 0.497 e. The van der Waals surface area contributed by atoms with Gasteiger partial charge in [-0.3, -0.25) is 9.69 Å². The van der Waals surface area contributed by atoms with E-state index >= 15 is 0 Å². The monoisotopic (exact) mass is 353 g/mol. The van der Waals surface area contributed by atoms with Gasteiger partial charge in [0.15, 0.2) is 0 Å². The second kappa shape index (κ2) is 8.23. The van der Waals surface area contributed by atoms with Crippen molar-refractivity contribution in [1.82, 2.24) is 4.90 Å². The third-order valence-corrected chi connectivity index (χ3v) is 4.83. The number of piperazine rings is 1. The van der Waals surface area contributed by atoms with Crippen molar-refractivity contribution >= 4 is 17.3 Å².